The van der Waals surface area contributed by atoms with Crippen molar-refractivity contribution in [3.05, 3.63) is 60.7 Å². The number of hydrogen-bond donors (Lipinski definition) is 1. The summed E-state index contributed by atoms with van der Waals surface area (Å²) >= 11 is 1.24. The van der Waals surface area contributed by atoms with Crippen LogP contribution in [-0.4, -0.2) is 60.4 Å². The first-order valence-electron chi connectivity index (χ1n) is 10.3. The molecule has 1 amide bonds. The van der Waals surface area contributed by atoms with Gasteiger partial charge < -0.3 is 10.1 Å². The lowest BCUT2D eigenvalue weighted by Gasteiger charge is -2.14. The second kappa shape index (κ2) is 10.9. The average molecular weight is 502 g/mol. The van der Waals surface area contributed by atoms with E-state index >= 15 is 0 Å². The Hall–Kier alpha value is -3.15. The highest BCUT2D eigenvalue weighted by molar-refractivity contribution is 7.99. The highest BCUT2D eigenvalue weighted by Gasteiger charge is 2.19. The molecule has 3 aromatic rings. The second-order valence-corrected chi connectivity index (χ2v) is 10.6. The number of rotatable bonds is 10. The molecule has 1 N–H and O–H groups in total. The van der Waals surface area contributed by atoms with Crippen LogP contribution in [0.1, 0.15) is 5.56 Å². The number of anilines is 1. The van der Waals surface area contributed by atoms with Gasteiger partial charge in [-0.15, -0.1) is 16.8 Å². The highest BCUT2D eigenvalue weighted by Crippen LogP contribution is 2.27. The maximum Gasteiger partial charge on any atom is 0.242 e. The van der Waals surface area contributed by atoms with Gasteiger partial charge in [0.1, 0.15) is 5.75 Å². The monoisotopic (exact) mass is 501 g/mol. The van der Waals surface area contributed by atoms with Crippen molar-refractivity contribution in [3.63, 3.8) is 0 Å². The number of aromatic nitrogens is 3. The normalized spacial score (nSPS) is 11.4. The molecule has 0 aliphatic heterocycles. The number of benzene rings is 2. The van der Waals surface area contributed by atoms with Crippen LogP contribution in [0.2, 0.25) is 0 Å². The van der Waals surface area contributed by atoms with Crippen molar-refractivity contribution in [2.24, 2.45) is 0 Å². The van der Waals surface area contributed by atoms with E-state index in [4.69, 9.17) is 4.74 Å². The van der Waals surface area contributed by atoms with Crippen molar-refractivity contribution >= 4 is 33.4 Å². The Kier molecular flexibility index (Phi) is 8.13. The fourth-order valence-corrected chi connectivity index (χ4v) is 4.74. The molecule has 11 heteroatoms. The highest BCUT2D eigenvalue weighted by atomic mass is 32.2. The largest absolute Gasteiger partial charge is 0.497 e. The third-order valence-corrected chi connectivity index (χ3v) is 7.75. The zero-order valence-corrected chi connectivity index (χ0v) is 21.1. The lowest BCUT2D eigenvalue weighted by Crippen LogP contribution is -2.22. The number of ether oxygens (including phenoxy) is 1. The van der Waals surface area contributed by atoms with Crippen LogP contribution in [0.4, 0.5) is 5.69 Å². The van der Waals surface area contributed by atoms with E-state index in [0.29, 0.717) is 23.2 Å². The summed E-state index contributed by atoms with van der Waals surface area (Å²) in [5, 5.41) is 11.9. The topological polar surface area (TPSA) is 106 Å². The van der Waals surface area contributed by atoms with Crippen molar-refractivity contribution in [2.75, 3.05) is 32.3 Å². The van der Waals surface area contributed by atoms with Crippen LogP contribution in [-0.2, 0) is 21.4 Å². The minimum atomic E-state index is -3.61. The molecule has 0 bridgehead atoms. The Bertz CT molecular complexity index is 1290. The minimum Gasteiger partial charge on any atom is -0.497 e. The third kappa shape index (κ3) is 5.66. The SMILES string of the molecule is C=CCn1c(SCC(=O)Nc2cc(S(=O)(=O)N(C)C)ccc2C)nnc1-c1ccc(OC)cc1. The summed E-state index contributed by atoms with van der Waals surface area (Å²) in [5.41, 5.74) is 2.06. The quantitative estimate of drug-likeness (QED) is 0.335. The van der Waals surface area contributed by atoms with Gasteiger partial charge in [-0.05, 0) is 48.9 Å². The summed E-state index contributed by atoms with van der Waals surface area (Å²) in [6.45, 7) is 6.08. The van der Waals surface area contributed by atoms with Crippen LogP contribution in [0.15, 0.2) is 65.2 Å². The minimum absolute atomic E-state index is 0.0714. The number of sulfonamides is 1. The molecule has 0 fully saturated rings. The molecule has 2 aromatic carbocycles. The predicted octanol–water partition coefficient (Wildman–Crippen LogP) is 3.43. The summed E-state index contributed by atoms with van der Waals surface area (Å²) in [5.74, 6) is 1.18. The van der Waals surface area contributed by atoms with Gasteiger partial charge in [0.2, 0.25) is 15.9 Å². The molecular weight excluding hydrogens is 474 g/mol. The first kappa shape index (κ1) is 25.5. The van der Waals surface area contributed by atoms with Crippen molar-refractivity contribution in [1.29, 1.82) is 0 Å². The van der Waals surface area contributed by atoms with E-state index in [9.17, 15) is 13.2 Å². The molecule has 0 radical (unpaired) electrons. The van der Waals surface area contributed by atoms with E-state index in [-0.39, 0.29) is 16.6 Å². The molecule has 0 saturated heterocycles. The number of carbonyl (C=O) groups is 1. The number of allylic oxidation sites excluding steroid dienone is 1. The molecule has 9 nitrogen and oxygen atoms in total. The Balaban J connectivity index is 1.75. The van der Waals surface area contributed by atoms with Gasteiger partial charge >= 0.3 is 0 Å². The van der Waals surface area contributed by atoms with Crippen molar-refractivity contribution < 1.29 is 17.9 Å². The van der Waals surface area contributed by atoms with Crippen LogP contribution in [0.5, 0.6) is 5.75 Å². The molecule has 0 aliphatic carbocycles. The summed E-state index contributed by atoms with van der Waals surface area (Å²) < 4.78 is 33.1. The standard InChI is InChI=1S/C23H27N5O4S2/c1-6-13-28-22(17-8-10-18(32-5)11-9-17)25-26-23(28)33-15-21(29)24-20-14-19(12-7-16(20)2)34(30,31)27(3)4/h6-12,14H,1,13,15H2,2-5H3,(H,24,29). The van der Waals surface area contributed by atoms with Crippen LogP contribution >= 0.6 is 11.8 Å². The van der Waals surface area contributed by atoms with Crippen LogP contribution < -0.4 is 10.1 Å². The van der Waals surface area contributed by atoms with E-state index in [2.05, 4.69) is 22.1 Å². The van der Waals surface area contributed by atoms with E-state index in [1.807, 2.05) is 28.8 Å². The van der Waals surface area contributed by atoms with Gasteiger partial charge in [0.05, 0.1) is 17.8 Å². The van der Waals surface area contributed by atoms with E-state index in [0.717, 1.165) is 21.2 Å². The molecule has 180 valence electrons. The number of aryl methyl sites for hydroxylation is 1. The number of nitrogens with one attached hydrogen (secondary N) is 1. The smallest absolute Gasteiger partial charge is 0.242 e. The molecular formula is C23H27N5O4S2. The van der Waals surface area contributed by atoms with Gasteiger partial charge in [-0.3, -0.25) is 9.36 Å². The lowest BCUT2D eigenvalue weighted by atomic mass is 10.2. The Morgan fingerprint density at radius 2 is 1.91 bits per heavy atom. The van der Waals surface area contributed by atoms with Crippen LogP contribution in [0.3, 0.4) is 0 Å². The maximum atomic E-state index is 12.7. The number of nitrogens with zero attached hydrogens (tertiary/aromatic N) is 4. The van der Waals surface area contributed by atoms with E-state index in [1.54, 1.807) is 26.2 Å². The van der Waals surface area contributed by atoms with Crippen molar-refractivity contribution in [3.8, 4) is 17.1 Å². The Labute approximate surface area is 203 Å². The summed E-state index contributed by atoms with van der Waals surface area (Å²) in [6, 6.07) is 12.1. The Morgan fingerprint density at radius 3 is 2.53 bits per heavy atom. The Morgan fingerprint density at radius 1 is 1.21 bits per heavy atom. The average Bonchev–Trinajstić information content (AvgIpc) is 3.21. The number of carbonyl (C=O) groups excluding carboxylic acids is 1. The van der Waals surface area contributed by atoms with Gasteiger partial charge in [-0.1, -0.05) is 23.9 Å². The molecule has 0 spiro atoms. The number of amides is 1. The van der Waals surface area contributed by atoms with E-state index < -0.39 is 10.0 Å². The second-order valence-electron chi connectivity index (χ2n) is 7.53. The number of methoxy groups -OCH3 is 1. The summed E-state index contributed by atoms with van der Waals surface area (Å²) in [6.07, 6.45) is 1.74. The van der Waals surface area contributed by atoms with Gasteiger partial charge in [-0.2, -0.15) is 0 Å². The predicted molar refractivity (Wildman–Crippen MR) is 134 cm³/mol. The molecule has 1 aromatic heterocycles. The number of hydrogen-bond acceptors (Lipinski definition) is 7. The first-order valence-corrected chi connectivity index (χ1v) is 12.7. The van der Waals surface area contributed by atoms with Gasteiger partial charge in [-0.25, -0.2) is 12.7 Å². The van der Waals surface area contributed by atoms with E-state index in [1.165, 1.54) is 38.0 Å². The van der Waals surface area contributed by atoms with Crippen LogP contribution in [0.25, 0.3) is 11.4 Å². The third-order valence-electron chi connectivity index (χ3n) is 4.97. The first-order chi connectivity index (χ1) is 16.2. The molecule has 1 heterocycles. The summed E-state index contributed by atoms with van der Waals surface area (Å²) in [7, 11) is 0.920. The number of thioether (sulfide) groups is 1. The van der Waals surface area contributed by atoms with Gasteiger partial charge in [0.15, 0.2) is 11.0 Å². The molecule has 0 atom stereocenters. The lowest BCUT2D eigenvalue weighted by molar-refractivity contribution is -0.113. The van der Waals surface area contributed by atoms with Gasteiger partial charge in [0.25, 0.3) is 0 Å². The molecule has 0 saturated carbocycles. The van der Waals surface area contributed by atoms with Gasteiger partial charge in [0, 0.05) is 31.9 Å². The molecule has 0 unspecified atom stereocenters. The molecule has 0 aliphatic rings. The van der Waals surface area contributed by atoms with Crippen molar-refractivity contribution in [2.45, 2.75) is 23.5 Å². The molecule has 3 rings (SSSR count). The zero-order chi connectivity index (χ0) is 24.9. The summed E-state index contributed by atoms with van der Waals surface area (Å²) in [4.78, 5) is 12.8. The zero-order valence-electron chi connectivity index (χ0n) is 19.5. The van der Waals surface area contributed by atoms with Crippen molar-refractivity contribution in [1.82, 2.24) is 19.1 Å². The fourth-order valence-electron chi connectivity index (χ4n) is 3.07. The fraction of sp³-hybridized carbons (Fsp3) is 0.261. The maximum absolute atomic E-state index is 12.7. The molecule has 34 heavy (non-hydrogen) atoms. The van der Waals surface area contributed by atoms with Crippen LogP contribution in [0, 0.1) is 6.92 Å².